The van der Waals surface area contributed by atoms with E-state index in [2.05, 4.69) is 30.5 Å². The van der Waals surface area contributed by atoms with Crippen molar-refractivity contribution in [3.8, 4) is 11.5 Å². The van der Waals surface area contributed by atoms with E-state index in [9.17, 15) is 4.79 Å². The molecular formula is C22H24N6O3. The van der Waals surface area contributed by atoms with E-state index in [0.717, 1.165) is 30.3 Å². The Morgan fingerprint density at radius 3 is 2.74 bits per heavy atom. The van der Waals surface area contributed by atoms with Gasteiger partial charge >= 0.3 is 0 Å². The zero-order valence-corrected chi connectivity index (χ0v) is 17.4. The predicted octanol–water partition coefficient (Wildman–Crippen LogP) is 2.50. The Hall–Kier alpha value is -3.88. The summed E-state index contributed by atoms with van der Waals surface area (Å²) in [5.41, 5.74) is 1.29. The average Bonchev–Trinajstić information content (AvgIpc) is 2.78. The van der Waals surface area contributed by atoms with Gasteiger partial charge in [-0.2, -0.15) is 4.98 Å². The smallest absolute Gasteiger partial charge is 0.251 e. The lowest BCUT2D eigenvalue weighted by Gasteiger charge is -2.38. The third-order valence-corrected chi connectivity index (χ3v) is 4.93. The topological polar surface area (TPSA) is 102 Å². The Bertz CT molecular complexity index is 1050. The van der Waals surface area contributed by atoms with Crippen LogP contribution in [0.4, 0.5) is 17.6 Å². The summed E-state index contributed by atoms with van der Waals surface area (Å²) in [6.45, 7) is 2.23. The first-order valence-corrected chi connectivity index (χ1v) is 9.94. The summed E-state index contributed by atoms with van der Waals surface area (Å²) in [5.74, 6) is 2.85. The van der Waals surface area contributed by atoms with Crippen LogP contribution in [0.25, 0.3) is 0 Å². The van der Waals surface area contributed by atoms with Crippen LogP contribution in [0.15, 0.2) is 54.9 Å². The second-order valence-electron chi connectivity index (χ2n) is 7.16. The highest BCUT2D eigenvalue weighted by molar-refractivity contribution is 5.95. The minimum Gasteiger partial charge on any atom is -0.497 e. The van der Waals surface area contributed by atoms with E-state index in [-0.39, 0.29) is 5.91 Å². The minimum absolute atomic E-state index is 0.150. The SMILES string of the molecule is CNC(=O)c1cccc(Nc2ncnc(N3CC(COc4cccc(OC)c4)C3)n2)c1. The zero-order valence-electron chi connectivity index (χ0n) is 17.4. The van der Waals surface area contributed by atoms with Gasteiger partial charge < -0.3 is 25.0 Å². The molecule has 160 valence electrons. The molecule has 9 heteroatoms. The van der Waals surface area contributed by atoms with Gasteiger partial charge in [0.1, 0.15) is 17.8 Å². The van der Waals surface area contributed by atoms with Crippen LogP contribution in [0, 0.1) is 5.92 Å². The number of methoxy groups -OCH3 is 1. The molecule has 3 aromatic rings. The van der Waals surface area contributed by atoms with Gasteiger partial charge in [0.25, 0.3) is 5.91 Å². The first-order valence-electron chi connectivity index (χ1n) is 9.94. The van der Waals surface area contributed by atoms with Crippen LogP contribution < -0.4 is 25.0 Å². The maximum atomic E-state index is 11.8. The van der Waals surface area contributed by atoms with Crippen LogP contribution >= 0.6 is 0 Å². The monoisotopic (exact) mass is 420 g/mol. The molecule has 0 spiro atoms. The molecular weight excluding hydrogens is 396 g/mol. The molecule has 31 heavy (non-hydrogen) atoms. The van der Waals surface area contributed by atoms with E-state index >= 15 is 0 Å². The number of hydrogen-bond acceptors (Lipinski definition) is 8. The molecule has 1 amide bonds. The van der Waals surface area contributed by atoms with Gasteiger partial charge in [0.05, 0.1) is 13.7 Å². The summed E-state index contributed by atoms with van der Waals surface area (Å²) in [6.07, 6.45) is 1.48. The van der Waals surface area contributed by atoms with E-state index in [1.54, 1.807) is 32.4 Å². The van der Waals surface area contributed by atoms with Crippen molar-refractivity contribution in [1.82, 2.24) is 20.3 Å². The number of carbonyl (C=O) groups excluding carboxylic acids is 1. The zero-order chi connectivity index (χ0) is 21.6. The fourth-order valence-electron chi connectivity index (χ4n) is 3.26. The molecule has 0 unspecified atom stereocenters. The van der Waals surface area contributed by atoms with Crippen LogP contribution in [-0.4, -0.2) is 54.7 Å². The predicted molar refractivity (Wildman–Crippen MR) is 117 cm³/mol. The van der Waals surface area contributed by atoms with Gasteiger partial charge in [0.15, 0.2) is 0 Å². The van der Waals surface area contributed by atoms with E-state index in [0.29, 0.717) is 30.0 Å². The van der Waals surface area contributed by atoms with Crippen molar-refractivity contribution in [2.24, 2.45) is 5.92 Å². The maximum Gasteiger partial charge on any atom is 0.251 e. The molecule has 1 saturated heterocycles. The first-order chi connectivity index (χ1) is 15.1. The molecule has 1 fully saturated rings. The number of nitrogens with one attached hydrogen (secondary N) is 2. The quantitative estimate of drug-likeness (QED) is 0.573. The van der Waals surface area contributed by atoms with Gasteiger partial charge in [-0.25, -0.2) is 9.97 Å². The third kappa shape index (κ3) is 5.00. The molecule has 2 heterocycles. The number of carbonyl (C=O) groups is 1. The van der Waals surface area contributed by atoms with Crippen molar-refractivity contribution in [1.29, 1.82) is 0 Å². The minimum atomic E-state index is -0.150. The molecule has 2 aromatic carbocycles. The lowest BCUT2D eigenvalue weighted by molar-refractivity contribution is 0.0963. The fraction of sp³-hybridized carbons (Fsp3) is 0.273. The summed E-state index contributed by atoms with van der Waals surface area (Å²) >= 11 is 0. The Balaban J connectivity index is 1.32. The number of ether oxygens (including phenoxy) is 2. The van der Waals surface area contributed by atoms with Gasteiger partial charge in [-0.15, -0.1) is 0 Å². The largest absolute Gasteiger partial charge is 0.497 e. The van der Waals surface area contributed by atoms with Gasteiger partial charge in [-0.1, -0.05) is 12.1 Å². The first kappa shape index (κ1) is 20.4. The van der Waals surface area contributed by atoms with E-state index in [1.165, 1.54) is 6.33 Å². The molecule has 0 atom stereocenters. The van der Waals surface area contributed by atoms with Crippen molar-refractivity contribution in [3.63, 3.8) is 0 Å². The molecule has 1 aliphatic heterocycles. The van der Waals surface area contributed by atoms with Crippen LogP contribution in [0.1, 0.15) is 10.4 Å². The van der Waals surface area contributed by atoms with Crippen LogP contribution in [-0.2, 0) is 0 Å². The summed E-state index contributed by atoms with van der Waals surface area (Å²) in [6, 6.07) is 14.7. The second-order valence-corrected chi connectivity index (χ2v) is 7.16. The average molecular weight is 420 g/mol. The third-order valence-electron chi connectivity index (χ3n) is 4.93. The normalized spacial score (nSPS) is 13.3. The van der Waals surface area contributed by atoms with Crippen molar-refractivity contribution in [3.05, 3.63) is 60.4 Å². The standard InChI is InChI=1S/C22H24N6O3/c1-23-20(29)16-5-3-6-17(9-16)26-21-24-14-25-22(27-21)28-11-15(12-28)13-31-19-8-4-7-18(10-19)30-2/h3-10,14-15H,11-13H2,1-2H3,(H,23,29)(H,24,25,26,27). The highest BCUT2D eigenvalue weighted by Gasteiger charge is 2.29. The van der Waals surface area contributed by atoms with Gasteiger partial charge in [0, 0.05) is 43.4 Å². The maximum absolute atomic E-state index is 11.8. The molecule has 9 nitrogen and oxygen atoms in total. The molecule has 0 radical (unpaired) electrons. The number of amides is 1. The molecule has 1 aromatic heterocycles. The Kier molecular flexibility index (Phi) is 6.11. The summed E-state index contributed by atoms with van der Waals surface area (Å²) in [4.78, 5) is 26.8. The summed E-state index contributed by atoms with van der Waals surface area (Å²) in [7, 11) is 3.24. The van der Waals surface area contributed by atoms with Crippen LogP contribution in [0.3, 0.4) is 0 Å². The van der Waals surface area contributed by atoms with E-state index in [1.807, 2.05) is 30.3 Å². The summed E-state index contributed by atoms with van der Waals surface area (Å²) in [5, 5.41) is 5.74. The molecule has 0 aliphatic carbocycles. The summed E-state index contributed by atoms with van der Waals surface area (Å²) < 4.78 is 11.1. The number of rotatable bonds is 8. The van der Waals surface area contributed by atoms with Gasteiger partial charge in [0.2, 0.25) is 11.9 Å². The molecule has 0 bridgehead atoms. The molecule has 0 saturated carbocycles. The van der Waals surface area contributed by atoms with Crippen molar-refractivity contribution < 1.29 is 14.3 Å². The van der Waals surface area contributed by atoms with Crippen molar-refractivity contribution >= 4 is 23.5 Å². The fourth-order valence-corrected chi connectivity index (χ4v) is 3.26. The van der Waals surface area contributed by atoms with Crippen LogP contribution in [0.5, 0.6) is 11.5 Å². The molecule has 1 aliphatic rings. The Labute approximate surface area is 180 Å². The highest BCUT2D eigenvalue weighted by atomic mass is 16.5. The number of aromatic nitrogens is 3. The number of nitrogens with zero attached hydrogens (tertiary/aromatic N) is 4. The molecule has 4 rings (SSSR count). The number of hydrogen-bond donors (Lipinski definition) is 2. The second kappa shape index (κ2) is 9.29. The Morgan fingerprint density at radius 2 is 1.94 bits per heavy atom. The number of benzene rings is 2. The van der Waals surface area contributed by atoms with Gasteiger partial charge in [-0.05, 0) is 30.3 Å². The van der Waals surface area contributed by atoms with E-state index < -0.39 is 0 Å². The lowest BCUT2D eigenvalue weighted by atomic mass is 10.0. The molecule has 2 N–H and O–H groups in total. The highest BCUT2D eigenvalue weighted by Crippen LogP contribution is 2.25. The lowest BCUT2D eigenvalue weighted by Crippen LogP contribution is -2.50. The van der Waals surface area contributed by atoms with Crippen LogP contribution in [0.2, 0.25) is 0 Å². The number of anilines is 3. The Morgan fingerprint density at radius 1 is 1.13 bits per heavy atom. The van der Waals surface area contributed by atoms with Crippen molar-refractivity contribution in [2.75, 3.05) is 44.1 Å². The van der Waals surface area contributed by atoms with E-state index in [4.69, 9.17) is 9.47 Å². The van der Waals surface area contributed by atoms with Crippen molar-refractivity contribution in [2.45, 2.75) is 0 Å². The van der Waals surface area contributed by atoms with Gasteiger partial charge in [-0.3, -0.25) is 4.79 Å².